The van der Waals surface area contributed by atoms with E-state index in [-0.39, 0.29) is 0 Å². The average Bonchev–Trinajstić information content (AvgIpc) is 2.17. The Morgan fingerprint density at radius 3 is 2.50 bits per heavy atom. The molecule has 0 fully saturated rings. The van der Waals surface area contributed by atoms with Crippen molar-refractivity contribution < 1.29 is 4.21 Å². The Hall–Kier alpha value is -1.18. The molecule has 0 heterocycles. The lowest BCUT2D eigenvalue weighted by Gasteiger charge is -1.97. The maximum atomic E-state index is 11.4. The van der Waals surface area contributed by atoms with Gasteiger partial charge in [0.2, 0.25) is 0 Å². The third-order valence-corrected chi connectivity index (χ3v) is 2.74. The van der Waals surface area contributed by atoms with Crippen molar-refractivity contribution in [3.05, 3.63) is 35.2 Å². The standard InChI is InChI=1S/C9H8NOS/c1-8(7-10)12(11)9-5-3-2-4-6-9/h2-6H,1H3. The Bertz CT molecular complexity index is 339. The van der Waals surface area contributed by atoms with Crippen molar-refractivity contribution in [1.29, 1.82) is 0 Å². The van der Waals surface area contributed by atoms with E-state index in [9.17, 15) is 4.21 Å². The second-order valence-electron chi connectivity index (χ2n) is 2.25. The summed E-state index contributed by atoms with van der Waals surface area (Å²) >= 11 is 0. The second kappa shape index (κ2) is 4.00. The van der Waals surface area contributed by atoms with Gasteiger partial charge in [0.1, 0.15) is 0 Å². The summed E-state index contributed by atoms with van der Waals surface area (Å²) < 4.78 is 11.4. The Kier molecular flexibility index (Phi) is 2.97. The molecule has 0 saturated carbocycles. The molecule has 1 radical (unpaired) electrons. The van der Waals surface area contributed by atoms with Crippen LogP contribution in [0.5, 0.6) is 0 Å². The minimum atomic E-state index is -1.27. The molecule has 0 amide bonds. The molecule has 1 aromatic rings. The van der Waals surface area contributed by atoms with Crippen LogP contribution in [0.2, 0.25) is 0 Å². The van der Waals surface area contributed by atoms with E-state index < -0.39 is 10.8 Å². The average molecular weight is 178 g/mol. The number of nitrogens with zero attached hydrogens (tertiary/aromatic N) is 1. The normalized spacial score (nSPS) is 11.8. The van der Waals surface area contributed by atoms with Crippen LogP contribution in [0.1, 0.15) is 6.92 Å². The molecule has 0 N–H and O–H groups in total. The van der Waals surface area contributed by atoms with Crippen LogP contribution in [0.4, 0.5) is 0 Å². The number of hydrogen-bond acceptors (Lipinski definition) is 1. The van der Waals surface area contributed by atoms with E-state index in [2.05, 4.69) is 0 Å². The minimum Gasteiger partial charge on any atom is -0.249 e. The van der Waals surface area contributed by atoms with E-state index in [0.717, 1.165) is 0 Å². The van der Waals surface area contributed by atoms with E-state index in [1.807, 2.05) is 11.9 Å². The van der Waals surface area contributed by atoms with Gasteiger partial charge in [0.25, 0.3) is 0 Å². The zero-order chi connectivity index (χ0) is 8.97. The summed E-state index contributed by atoms with van der Waals surface area (Å²) in [6.07, 6.45) is 0. The molecule has 61 valence electrons. The first-order valence-corrected chi connectivity index (χ1v) is 4.61. The molecule has 0 aliphatic rings. The predicted octanol–water partition coefficient (Wildman–Crippen LogP) is 1.17. The lowest BCUT2D eigenvalue weighted by molar-refractivity contribution is 0.687. The Morgan fingerprint density at radius 2 is 2.00 bits per heavy atom. The summed E-state index contributed by atoms with van der Waals surface area (Å²) in [7, 11) is -1.27. The van der Waals surface area contributed by atoms with Crippen molar-refractivity contribution in [2.24, 2.45) is 0 Å². The van der Waals surface area contributed by atoms with Gasteiger partial charge in [0.15, 0.2) is 0 Å². The lowest BCUT2D eigenvalue weighted by atomic mass is 10.4. The van der Waals surface area contributed by atoms with Crippen molar-refractivity contribution in [1.82, 2.24) is 5.41 Å². The molecule has 0 bridgehead atoms. The fraction of sp³-hybridized carbons (Fsp3) is 0.111. The summed E-state index contributed by atoms with van der Waals surface area (Å²) in [6.45, 7) is 1.57. The number of benzene rings is 1. The second-order valence-corrected chi connectivity index (χ2v) is 3.87. The van der Waals surface area contributed by atoms with Gasteiger partial charge in [-0.15, -0.1) is 0 Å². The fourth-order valence-corrected chi connectivity index (χ4v) is 1.60. The molecular weight excluding hydrogens is 170 g/mol. The van der Waals surface area contributed by atoms with Crippen LogP contribution in [-0.2, 0) is 10.8 Å². The molecule has 1 atom stereocenters. The highest BCUT2D eigenvalue weighted by Gasteiger charge is 2.03. The topological polar surface area (TPSA) is 39.4 Å². The van der Waals surface area contributed by atoms with E-state index in [1.54, 1.807) is 31.2 Å². The number of allylic oxidation sites excluding steroid dienone is 1. The maximum absolute atomic E-state index is 11.4. The summed E-state index contributed by atoms with van der Waals surface area (Å²) in [6, 6.07) is 8.95. The highest BCUT2D eigenvalue weighted by molar-refractivity contribution is 7.89. The third kappa shape index (κ3) is 1.91. The highest BCUT2D eigenvalue weighted by atomic mass is 32.2. The largest absolute Gasteiger partial charge is 0.249 e. The van der Waals surface area contributed by atoms with Crippen molar-refractivity contribution in [3.8, 4) is 0 Å². The minimum absolute atomic E-state index is 0.334. The summed E-state index contributed by atoms with van der Waals surface area (Å²) in [5, 5.41) is 8.49. The summed E-state index contributed by atoms with van der Waals surface area (Å²) in [5.41, 5.74) is 0. The zero-order valence-corrected chi connectivity index (χ0v) is 7.47. The van der Waals surface area contributed by atoms with Crippen LogP contribution in [0.25, 0.3) is 0 Å². The van der Waals surface area contributed by atoms with Crippen molar-refractivity contribution in [3.63, 3.8) is 0 Å². The van der Waals surface area contributed by atoms with E-state index >= 15 is 0 Å². The van der Waals surface area contributed by atoms with Crippen molar-refractivity contribution in [2.45, 2.75) is 11.8 Å². The number of rotatable bonds is 2. The molecule has 12 heavy (non-hydrogen) atoms. The first-order valence-electron chi connectivity index (χ1n) is 3.46. The fourth-order valence-electron chi connectivity index (χ4n) is 0.762. The molecule has 3 heteroatoms. The third-order valence-electron chi connectivity index (χ3n) is 1.39. The molecule has 2 nitrogen and oxygen atoms in total. The SMILES string of the molecule is CC(=C=[N])S(=O)c1ccccc1. The van der Waals surface area contributed by atoms with Gasteiger partial charge in [-0.3, -0.25) is 0 Å². The predicted molar refractivity (Wildman–Crippen MR) is 49.2 cm³/mol. The van der Waals surface area contributed by atoms with Crippen LogP contribution in [0.3, 0.4) is 0 Å². The van der Waals surface area contributed by atoms with Crippen LogP contribution in [0.15, 0.2) is 40.1 Å². The van der Waals surface area contributed by atoms with Gasteiger partial charge < -0.3 is 0 Å². The molecular formula is C9H8NOS. The van der Waals surface area contributed by atoms with Crippen LogP contribution in [0, 0.1) is 0 Å². The molecule has 0 saturated heterocycles. The monoisotopic (exact) mass is 178 g/mol. The molecule has 1 unspecified atom stereocenters. The molecule has 1 rings (SSSR count). The van der Waals surface area contributed by atoms with Crippen LogP contribution >= 0.6 is 0 Å². The molecule has 0 aromatic heterocycles. The van der Waals surface area contributed by atoms with Crippen LogP contribution < -0.4 is 5.41 Å². The Morgan fingerprint density at radius 1 is 1.42 bits per heavy atom. The smallest absolute Gasteiger partial charge is 0.0900 e. The van der Waals surface area contributed by atoms with E-state index in [1.165, 1.54) is 0 Å². The Balaban J connectivity index is 3.02. The van der Waals surface area contributed by atoms with E-state index in [4.69, 9.17) is 5.41 Å². The van der Waals surface area contributed by atoms with Crippen molar-refractivity contribution >= 4 is 16.7 Å². The highest BCUT2D eigenvalue weighted by Crippen LogP contribution is 2.10. The summed E-state index contributed by atoms with van der Waals surface area (Å²) in [5.74, 6) is 1.88. The van der Waals surface area contributed by atoms with E-state index in [0.29, 0.717) is 9.80 Å². The first kappa shape index (κ1) is 8.91. The van der Waals surface area contributed by atoms with Gasteiger partial charge in [-0.05, 0) is 19.1 Å². The van der Waals surface area contributed by atoms with Crippen LogP contribution in [-0.4, -0.2) is 10.1 Å². The van der Waals surface area contributed by atoms with Gasteiger partial charge in [-0.25, -0.2) is 4.21 Å². The lowest BCUT2D eigenvalue weighted by Crippen LogP contribution is -1.92. The van der Waals surface area contributed by atoms with Gasteiger partial charge in [0, 0.05) is 10.8 Å². The molecule has 0 aliphatic carbocycles. The first-order chi connectivity index (χ1) is 5.75. The van der Waals surface area contributed by atoms with Gasteiger partial charge >= 0.3 is 0 Å². The van der Waals surface area contributed by atoms with Gasteiger partial charge in [0.05, 0.1) is 15.7 Å². The Labute approximate surface area is 73.9 Å². The van der Waals surface area contributed by atoms with Gasteiger partial charge in [-0.2, -0.15) is 0 Å². The molecule has 0 spiro atoms. The van der Waals surface area contributed by atoms with Gasteiger partial charge in [-0.1, -0.05) is 23.6 Å². The molecule has 0 aliphatic heterocycles. The zero-order valence-electron chi connectivity index (χ0n) is 6.65. The maximum Gasteiger partial charge on any atom is 0.0900 e. The number of hydrogen-bond donors (Lipinski definition) is 0. The summed E-state index contributed by atoms with van der Waals surface area (Å²) in [4.78, 5) is 1.01. The quantitative estimate of drug-likeness (QED) is 0.626. The van der Waals surface area contributed by atoms with Crippen molar-refractivity contribution in [2.75, 3.05) is 0 Å². The molecule has 1 aromatic carbocycles.